The van der Waals surface area contributed by atoms with E-state index in [-0.39, 0.29) is 22.3 Å². The van der Waals surface area contributed by atoms with Crippen LogP contribution in [0.2, 0.25) is 10.2 Å². The van der Waals surface area contributed by atoms with Crippen molar-refractivity contribution in [3.05, 3.63) is 62.0 Å². The normalized spacial score (nSPS) is 10.7. The molecule has 18 heavy (non-hydrogen) atoms. The van der Waals surface area contributed by atoms with Gasteiger partial charge in [-0.3, -0.25) is 9.36 Å². The summed E-state index contributed by atoms with van der Waals surface area (Å²) in [6.45, 7) is 1.81. The van der Waals surface area contributed by atoms with Gasteiger partial charge in [0.15, 0.2) is 0 Å². The van der Waals surface area contributed by atoms with Crippen LogP contribution >= 0.6 is 23.2 Å². The Morgan fingerprint density at radius 3 is 2.78 bits per heavy atom. The molecule has 0 saturated heterocycles. The number of benzene rings is 1. The van der Waals surface area contributed by atoms with E-state index in [4.69, 9.17) is 23.2 Å². The molecule has 0 radical (unpaired) electrons. The van der Waals surface area contributed by atoms with E-state index in [1.807, 2.05) is 0 Å². The van der Waals surface area contributed by atoms with Gasteiger partial charge in [0.05, 0.1) is 11.6 Å². The van der Waals surface area contributed by atoms with Gasteiger partial charge in [-0.15, -0.1) is 0 Å². The van der Waals surface area contributed by atoms with Crippen molar-refractivity contribution in [2.45, 2.75) is 13.5 Å². The second-order valence-electron chi connectivity index (χ2n) is 3.76. The molecule has 94 valence electrons. The predicted octanol–water partition coefficient (Wildman–Crippen LogP) is 3.05. The fourth-order valence-corrected chi connectivity index (χ4v) is 2.02. The average molecular weight is 287 g/mol. The molecule has 0 atom stereocenters. The van der Waals surface area contributed by atoms with Crippen LogP contribution in [-0.4, -0.2) is 9.55 Å². The van der Waals surface area contributed by atoms with Gasteiger partial charge in [-0.05, 0) is 18.6 Å². The molecule has 0 saturated carbocycles. The van der Waals surface area contributed by atoms with Crippen molar-refractivity contribution in [1.29, 1.82) is 0 Å². The molecule has 1 aromatic carbocycles. The molecule has 1 heterocycles. The van der Waals surface area contributed by atoms with Crippen molar-refractivity contribution in [3.63, 3.8) is 0 Å². The maximum absolute atomic E-state index is 13.3. The molecule has 0 aliphatic carbocycles. The molecule has 0 aliphatic heterocycles. The third-order valence-electron chi connectivity index (χ3n) is 2.53. The van der Waals surface area contributed by atoms with Crippen LogP contribution in [0.1, 0.15) is 11.4 Å². The highest BCUT2D eigenvalue weighted by molar-refractivity contribution is 6.31. The van der Waals surface area contributed by atoms with E-state index in [9.17, 15) is 9.18 Å². The zero-order valence-electron chi connectivity index (χ0n) is 9.45. The summed E-state index contributed by atoms with van der Waals surface area (Å²) in [6.07, 6.45) is 0. The number of aryl methyl sites for hydroxylation is 1. The summed E-state index contributed by atoms with van der Waals surface area (Å²) < 4.78 is 14.7. The van der Waals surface area contributed by atoms with Gasteiger partial charge in [0.1, 0.15) is 16.8 Å². The van der Waals surface area contributed by atoms with Crippen LogP contribution in [0.3, 0.4) is 0 Å². The molecule has 0 bridgehead atoms. The molecular formula is C12H9Cl2FN2O. The van der Waals surface area contributed by atoms with Gasteiger partial charge >= 0.3 is 0 Å². The topological polar surface area (TPSA) is 34.9 Å². The first-order chi connectivity index (χ1) is 8.49. The Kier molecular flexibility index (Phi) is 3.68. The second kappa shape index (κ2) is 5.08. The van der Waals surface area contributed by atoms with Gasteiger partial charge in [0.2, 0.25) is 0 Å². The number of nitrogens with zero attached hydrogens (tertiary/aromatic N) is 2. The Morgan fingerprint density at radius 2 is 2.11 bits per heavy atom. The highest BCUT2D eigenvalue weighted by Crippen LogP contribution is 2.20. The number of hydrogen-bond acceptors (Lipinski definition) is 2. The van der Waals surface area contributed by atoms with Gasteiger partial charge in [0.25, 0.3) is 5.56 Å². The number of aromatic nitrogens is 2. The summed E-state index contributed by atoms with van der Waals surface area (Å²) in [5, 5.41) is 0.151. The van der Waals surface area contributed by atoms with E-state index >= 15 is 0 Å². The maximum Gasteiger partial charge on any atom is 0.255 e. The fraction of sp³-hybridized carbons (Fsp3) is 0.167. The fourth-order valence-electron chi connectivity index (χ4n) is 1.62. The zero-order valence-corrected chi connectivity index (χ0v) is 11.0. The third-order valence-corrected chi connectivity index (χ3v) is 3.14. The Hall–Kier alpha value is -1.39. The molecule has 1 aromatic heterocycles. The van der Waals surface area contributed by atoms with Crippen LogP contribution in [0.5, 0.6) is 0 Å². The van der Waals surface area contributed by atoms with Crippen LogP contribution < -0.4 is 5.56 Å². The van der Waals surface area contributed by atoms with Crippen LogP contribution in [-0.2, 0) is 6.54 Å². The first-order valence-electron chi connectivity index (χ1n) is 5.16. The monoisotopic (exact) mass is 286 g/mol. The molecule has 0 spiro atoms. The summed E-state index contributed by atoms with van der Waals surface area (Å²) in [5.41, 5.74) is 0.221. The number of rotatable bonds is 2. The van der Waals surface area contributed by atoms with Gasteiger partial charge in [-0.2, -0.15) is 0 Å². The molecule has 0 aliphatic rings. The van der Waals surface area contributed by atoms with Gasteiger partial charge < -0.3 is 0 Å². The molecule has 0 fully saturated rings. The van der Waals surface area contributed by atoms with E-state index in [0.717, 1.165) is 0 Å². The predicted molar refractivity (Wildman–Crippen MR) is 68.8 cm³/mol. The minimum Gasteiger partial charge on any atom is -0.292 e. The van der Waals surface area contributed by atoms with Crippen LogP contribution in [0.25, 0.3) is 0 Å². The molecule has 6 heteroatoms. The lowest BCUT2D eigenvalue weighted by Gasteiger charge is -2.10. The Morgan fingerprint density at radius 1 is 1.39 bits per heavy atom. The summed E-state index contributed by atoms with van der Waals surface area (Å²) >= 11 is 11.5. The van der Waals surface area contributed by atoms with E-state index in [2.05, 4.69) is 4.98 Å². The highest BCUT2D eigenvalue weighted by Gasteiger charge is 2.09. The van der Waals surface area contributed by atoms with E-state index in [1.54, 1.807) is 19.1 Å². The van der Waals surface area contributed by atoms with Crippen molar-refractivity contribution >= 4 is 23.2 Å². The van der Waals surface area contributed by atoms with E-state index in [0.29, 0.717) is 11.4 Å². The first-order valence-corrected chi connectivity index (χ1v) is 5.91. The molecular weight excluding hydrogens is 278 g/mol. The minimum absolute atomic E-state index is 0.0127. The summed E-state index contributed by atoms with van der Waals surface area (Å²) in [4.78, 5) is 15.7. The highest BCUT2D eigenvalue weighted by atomic mass is 35.5. The number of halogens is 3. The Bertz CT molecular complexity index is 655. The first kappa shape index (κ1) is 13.1. The van der Waals surface area contributed by atoms with Gasteiger partial charge in [0, 0.05) is 6.07 Å². The lowest BCUT2D eigenvalue weighted by molar-refractivity contribution is 0.621. The SMILES string of the molecule is Cc1nc(Cl)cc(=O)n1Cc1cccc(F)c1Cl. The maximum atomic E-state index is 13.3. The van der Waals surface area contributed by atoms with E-state index < -0.39 is 5.82 Å². The molecule has 2 rings (SSSR count). The van der Waals surface area contributed by atoms with Crippen LogP contribution in [0.15, 0.2) is 29.1 Å². The number of hydrogen-bond donors (Lipinski definition) is 0. The summed E-state index contributed by atoms with van der Waals surface area (Å²) in [6, 6.07) is 5.68. The summed E-state index contributed by atoms with van der Waals surface area (Å²) in [7, 11) is 0. The van der Waals surface area contributed by atoms with Crippen molar-refractivity contribution in [1.82, 2.24) is 9.55 Å². The van der Waals surface area contributed by atoms with Crippen LogP contribution in [0, 0.1) is 12.7 Å². The third kappa shape index (κ3) is 2.54. The van der Waals surface area contributed by atoms with E-state index in [1.165, 1.54) is 16.7 Å². The molecule has 0 N–H and O–H groups in total. The quantitative estimate of drug-likeness (QED) is 0.796. The smallest absolute Gasteiger partial charge is 0.255 e. The van der Waals surface area contributed by atoms with Crippen LogP contribution in [0.4, 0.5) is 4.39 Å². The lowest BCUT2D eigenvalue weighted by Crippen LogP contribution is -2.23. The van der Waals surface area contributed by atoms with Crippen molar-refractivity contribution < 1.29 is 4.39 Å². The molecule has 0 amide bonds. The molecule has 2 aromatic rings. The second-order valence-corrected chi connectivity index (χ2v) is 4.53. The van der Waals surface area contributed by atoms with Crippen molar-refractivity contribution in [2.75, 3.05) is 0 Å². The Labute approximate surface area is 113 Å². The van der Waals surface area contributed by atoms with Crippen molar-refractivity contribution in [3.8, 4) is 0 Å². The van der Waals surface area contributed by atoms with Crippen molar-refractivity contribution in [2.24, 2.45) is 0 Å². The molecule has 3 nitrogen and oxygen atoms in total. The molecule has 0 unspecified atom stereocenters. The summed E-state index contributed by atoms with van der Waals surface area (Å²) in [5.74, 6) is -0.0605. The zero-order chi connectivity index (χ0) is 13.3. The lowest BCUT2D eigenvalue weighted by atomic mass is 10.2. The van der Waals surface area contributed by atoms with Gasteiger partial charge in [-0.25, -0.2) is 9.37 Å². The average Bonchev–Trinajstić information content (AvgIpc) is 2.28. The largest absolute Gasteiger partial charge is 0.292 e. The standard InChI is InChI=1S/C12H9Cl2FN2O/c1-7-16-10(13)5-11(18)17(7)6-8-3-2-4-9(15)12(8)14/h2-5H,6H2,1H3. The van der Waals surface area contributed by atoms with Gasteiger partial charge in [-0.1, -0.05) is 35.3 Å². The minimum atomic E-state index is -0.512. The Balaban J connectivity index is 2.47.